The number of carbonyl (C=O) groups excluding carboxylic acids is 1. The standard InChI is InChI=1S/C18H22F4N4O2/c1-17(2,3)28-16(27)25-14-9-26(7-6-11(14)19)15-23-12-5-4-10(18(20,21)22)8-13(12)24-15/h4-5,8,11,14H,6-7,9H2,1-3H3,(H,23,24)(H,25,27)/t11-,14+/m0/s1. The van der Waals surface area contributed by atoms with E-state index in [2.05, 4.69) is 15.3 Å². The number of nitrogens with zero attached hydrogens (tertiary/aromatic N) is 2. The Bertz CT molecular complexity index is 859. The molecule has 0 spiro atoms. The first-order valence-electron chi connectivity index (χ1n) is 8.88. The molecule has 28 heavy (non-hydrogen) atoms. The average Bonchev–Trinajstić information content (AvgIpc) is 2.97. The number of benzene rings is 1. The average molecular weight is 402 g/mol. The molecule has 0 unspecified atom stereocenters. The summed E-state index contributed by atoms with van der Waals surface area (Å²) in [5.74, 6) is 0.331. The van der Waals surface area contributed by atoms with Gasteiger partial charge in [-0.3, -0.25) is 0 Å². The van der Waals surface area contributed by atoms with E-state index in [1.54, 1.807) is 25.7 Å². The number of imidazole rings is 1. The maximum absolute atomic E-state index is 14.3. The smallest absolute Gasteiger partial charge is 0.416 e. The van der Waals surface area contributed by atoms with Crippen LogP contribution in [0.1, 0.15) is 32.8 Å². The van der Waals surface area contributed by atoms with Crippen LogP contribution in [0.4, 0.5) is 28.3 Å². The van der Waals surface area contributed by atoms with Crippen molar-refractivity contribution in [1.82, 2.24) is 15.3 Å². The first kappa shape index (κ1) is 20.2. The molecule has 1 aromatic carbocycles. The highest BCUT2D eigenvalue weighted by molar-refractivity contribution is 5.78. The number of alkyl carbamates (subject to hydrolysis) is 1. The molecule has 6 nitrogen and oxygen atoms in total. The molecule has 0 aliphatic carbocycles. The Balaban J connectivity index is 1.75. The van der Waals surface area contributed by atoms with E-state index in [9.17, 15) is 22.4 Å². The molecule has 1 amide bonds. The number of carbonyl (C=O) groups is 1. The molecule has 1 aliphatic rings. The summed E-state index contributed by atoms with van der Waals surface area (Å²) in [7, 11) is 0. The Morgan fingerprint density at radius 1 is 1.32 bits per heavy atom. The van der Waals surface area contributed by atoms with Crippen molar-refractivity contribution in [2.75, 3.05) is 18.0 Å². The molecule has 2 heterocycles. The van der Waals surface area contributed by atoms with E-state index in [1.165, 1.54) is 6.07 Å². The van der Waals surface area contributed by atoms with Crippen LogP contribution >= 0.6 is 0 Å². The van der Waals surface area contributed by atoms with Crippen molar-refractivity contribution in [3.05, 3.63) is 23.8 Å². The highest BCUT2D eigenvalue weighted by Crippen LogP contribution is 2.32. The molecule has 1 saturated heterocycles. The van der Waals surface area contributed by atoms with Gasteiger partial charge in [0.15, 0.2) is 0 Å². The topological polar surface area (TPSA) is 70.2 Å². The van der Waals surface area contributed by atoms with Crippen LogP contribution in [0.2, 0.25) is 0 Å². The fraction of sp³-hybridized carbons (Fsp3) is 0.556. The maximum Gasteiger partial charge on any atom is 0.416 e. The molecule has 1 fully saturated rings. The molecular formula is C18H22F4N4O2. The van der Waals surface area contributed by atoms with Crippen molar-refractivity contribution in [2.45, 2.75) is 51.2 Å². The van der Waals surface area contributed by atoms with Gasteiger partial charge >= 0.3 is 12.3 Å². The summed E-state index contributed by atoms with van der Waals surface area (Å²) in [4.78, 5) is 20.8. The zero-order valence-electron chi connectivity index (χ0n) is 15.7. The van der Waals surface area contributed by atoms with Gasteiger partial charge in [-0.25, -0.2) is 14.2 Å². The summed E-state index contributed by atoms with van der Waals surface area (Å²) < 4.78 is 58.0. The number of rotatable bonds is 2. The monoisotopic (exact) mass is 402 g/mol. The minimum absolute atomic E-state index is 0.117. The van der Waals surface area contributed by atoms with Gasteiger partial charge in [0.2, 0.25) is 5.95 Å². The molecule has 0 radical (unpaired) electrons. The Morgan fingerprint density at radius 2 is 2.04 bits per heavy atom. The number of anilines is 1. The van der Waals surface area contributed by atoms with Gasteiger partial charge in [-0.05, 0) is 45.4 Å². The van der Waals surface area contributed by atoms with Crippen LogP contribution in [0.25, 0.3) is 11.0 Å². The van der Waals surface area contributed by atoms with Gasteiger partial charge in [-0.15, -0.1) is 0 Å². The van der Waals surface area contributed by atoms with E-state index in [4.69, 9.17) is 4.74 Å². The maximum atomic E-state index is 14.3. The van der Waals surface area contributed by atoms with Crippen LogP contribution in [-0.2, 0) is 10.9 Å². The van der Waals surface area contributed by atoms with Gasteiger partial charge in [-0.1, -0.05) is 0 Å². The zero-order chi connectivity index (χ0) is 20.7. The van der Waals surface area contributed by atoms with Crippen LogP contribution in [0, 0.1) is 0 Å². The number of amides is 1. The second-order valence-electron chi connectivity index (χ2n) is 7.79. The van der Waals surface area contributed by atoms with Gasteiger partial charge in [0, 0.05) is 13.1 Å². The van der Waals surface area contributed by atoms with Crippen molar-refractivity contribution in [3.63, 3.8) is 0 Å². The molecular weight excluding hydrogens is 380 g/mol. The molecule has 0 bridgehead atoms. The lowest BCUT2D eigenvalue weighted by atomic mass is 10.0. The number of nitrogens with one attached hydrogen (secondary N) is 2. The van der Waals surface area contributed by atoms with Crippen molar-refractivity contribution in [1.29, 1.82) is 0 Å². The number of fused-ring (bicyclic) bond motifs is 1. The van der Waals surface area contributed by atoms with Gasteiger partial charge in [-0.2, -0.15) is 13.2 Å². The lowest BCUT2D eigenvalue weighted by molar-refractivity contribution is -0.137. The molecule has 3 rings (SSSR count). The molecule has 10 heteroatoms. The zero-order valence-corrected chi connectivity index (χ0v) is 15.7. The fourth-order valence-electron chi connectivity index (χ4n) is 3.03. The number of hydrogen-bond acceptors (Lipinski definition) is 4. The van der Waals surface area contributed by atoms with Crippen LogP contribution in [0.15, 0.2) is 18.2 Å². The number of piperidine rings is 1. The lowest BCUT2D eigenvalue weighted by Gasteiger charge is -2.35. The normalized spacial score (nSPS) is 21.0. The van der Waals surface area contributed by atoms with E-state index in [0.717, 1.165) is 12.1 Å². The molecule has 0 saturated carbocycles. The quantitative estimate of drug-likeness (QED) is 0.745. The van der Waals surface area contributed by atoms with Gasteiger partial charge in [0.25, 0.3) is 0 Å². The Labute approximate surface area is 159 Å². The SMILES string of the molecule is CC(C)(C)OC(=O)N[C@@H]1CN(c2nc3ccc(C(F)(F)F)cc3[nH]2)CC[C@@H]1F. The number of ether oxygens (including phenoxy) is 1. The number of alkyl halides is 4. The minimum atomic E-state index is -4.45. The van der Waals surface area contributed by atoms with Crippen molar-refractivity contribution in [3.8, 4) is 0 Å². The molecule has 2 aromatic rings. The van der Waals surface area contributed by atoms with Crippen molar-refractivity contribution in [2.24, 2.45) is 0 Å². The molecule has 1 aliphatic heterocycles. The van der Waals surface area contributed by atoms with E-state index in [-0.39, 0.29) is 18.5 Å². The summed E-state index contributed by atoms with van der Waals surface area (Å²) in [5, 5.41) is 2.52. The first-order chi connectivity index (χ1) is 12.9. The first-order valence-corrected chi connectivity index (χ1v) is 8.88. The third kappa shape index (κ3) is 4.66. The number of aromatic nitrogens is 2. The van der Waals surface area contributed by atoms with Crippen LogP contribution in [-0.4, -0.2) is 47.0 Å². The number of aromatic amines is 1. The highest BCUT2D eigenvalue weighted by Gasteiger charge is 2.34. The predicted molar refractivity (Wildman–Crippen MR) is 96.0 cm³/mol. The van der Waals surface area contributed by atoms with Crippen LogP contribution in [0.5, 0.6) is 0 Å². The molecule has 2 N–H and O–H groups in total. The van der Waals surface area contributed by atoms with Crippen molar-refractivity contribution < 1.29 is 27.1 Å². The molecule has 2 atom stereocenters. The van der Waals surface area contributed by atoms with Gasteiger partial charge < -0.3 is 19.9 Å². The minimum Gasteiger partial charge on any atom is -0.444 e. The Hall–Kier alpha value is -2.52. The number of H-pyrrole nitrogens is 1. The summed E-state index contributed by atoms with van der Waals surface area (Å²) in [6.45, 7) is 5.55. The number of halogens is 4. The van der Waals surface area contributed by atoms with E-state index in [1.807, 2.05) is 0 Å². The second kappa shape index (κ2) is 7.14. The van der Waals surface area contributed by atoms with E-state index in [0.29, 0.717) is 18.0 Å². The summed E-state index contributed by atoms with van der Waals surface area (Å²) in [6.07, 6.45) is -6.29. The molecule has 1 aromatic heterocycles. The summed E-state index contributed by atoms with van der Waals surface area (Å²) in [5.41, 5.74) is -0.868. The lowest BCUT2D eigenvalue weighted by Crippen LogP contribution is -2.54. The van der Waals surface area contributed by atoms with Gasteiger partial charge in [0.05, 0.1) is 22.6 Å². The third-order valence-electron chi connectivity index (χ3n) is 4.33. The molecule has 154 valence electrons. The highest BCUT2D eigenvalue weighted by atomic mass is 19.4. The van der Waals surface area contributed by atoms with E-state index < -0.39 is 35.6 Å². The summed E-state index contributed by atoms with van der Waals surface area (Å²) >= 11 is 0. The fourth-order valence-corrected chi connectivity index (χ4v) is 3.03. The Kier molecular flexibility index (Phi) is 5.16. The Morgan fingerprint density at radius 3 is 2.68 bits per heavy atom. The largest absolute Gasteiger partial charge is 0.444 e. The predicted octanol–water partition coefficient (Wildman–Crippen LogP) is 4.02. The number of hydrogen-bond donors (Lipinski definition) is 2. The van der Waals surface area contributed by atoms with Gasteiger partial charge in [0.1, 0.15) is 11.8 Å². The van der Waals surface area contributed by atoms with E-state index >= 15 is 0 Å². The summed E-state index contributed by atoms with van der Waals surface area (Å²) in [6, 6.07) is 2.43. The third-order valence-corrected chi connectivity index (χ3v) is 4.33. The van der Waals surface area contributed by atoms with Crippen molar-refractivity contribution >= 4 is 23.1 Å². The second-order valence-corrected chi connectivity index (χ2v) is 7.79. The van der Waals surface area contributed by atoms with Crippen LogP contribution in [0.3, 0.4) is 0 Å². The van der Waals surface area contributed by atoms with Crippen LogP contribution < -0.4 is 10.2 Å².